The van der Waals surface area contributed by atoms with Crippen LogP contribution in [0.3, 0.4) is 0 Å². The molecule has 1 saturated heterocycles. The molecule has 1 aromatic rings. The zero-order valence-electron chi connectivity index (χ0n) is 16.5. The molecule has 27 heavy (non-hydrogen) atoms. The fourth-order valence-electron chi connectivity index (χ4n) is 2.84. The van der Waals surface area contributed by atoms with Crippen molar-refractivity contribution in [1.82, 2.24) is 14.9 Å². The van der Waals surface area contributed by atoms with Crippen molar-refractivity contribution in [1.29, 1.82) is 0 Å². The standard InChI is InChI=1S/C18H30N4O2S2.HI/c1-5-19-17(21-14-18(2)11-8-12-25-18)20-13-15-9-6-7-10-16(15)26(23,24)22(3)4;/h6-7,9-10H,5,8,11-14H2,1-4H3,(H2,19,20,21);1H. The van der Waals surface area contributed by atoms with E-state index in [1.54, 1.807) is 26.2 Å². The third-order valence-electron chi connectivity index (χ3n) is 4.41. The van der Waals surface area contributed by atoms with E-state index >= 15 is 0 Å². The number of nitrogens with zero attached hydrogens (tertiary/aromatic N) is 2. The number of nitrogens with one attached hydrogen (secondary N) is 2. The van der Waals surface area contributed by atoms with Gasteiger partial charge >= 0.3 is 0 Å². The fourth-order valence-corrected chi connectivity index (χ4v) is 5.19. The molecule has 1 aliphatic rings. The molecule has 0 aliphatic carbocycles. The summed E-state index contributed by atoms with van der Waals surface area (Å²) in [4.78, 5) is 4.92. The quantitative estimate of drug-likeness (QED) is 0.325. The lowest BCUT2D eigenvalue weighted by Gasteiger charge is -2.24. The van der Waals surface area contributed by atoms with E-state index in [0.29, 0.717) is 17.0 Å². The Labute approximate surface area is 185 Å². The highest BCUT2D eigenvalue weighted by Crippen LogP contribution is 2.36. The van der Waals surface area contributed by atoms with E-state index in [9.17, 15) is 8.42 Å². The van der Waals surface area contributed by atoms with E-state index in [0.717, 1.165) is 19.0 Å². The van der Waals surface area contributed by atoms with E-state index in [1.807, 2.05) is 30.8 Å². The third-order valence-corrected chi connectivity index (χ3v) is 7.87. The summed E-state index contributed by atoms with van der Waals surface area (Å²) >= 11 is 2.00. The van der Waals surface area contributed by atoms with E-state index in [4.69, 9.17) is 0 Å². The Kier molecular flexibility index (Phi) is 9.87. The summed E-state index contributed by atoms with van der Waals surface area (Å²) in [6.07, 6.45) is 2.46. The number of hydrogen-bond donors (Lipinski definition) is 2. The minimum absolute atomic E-state index is 0. The molecule has 0 saturated carbocycles. The third kappa shape index (κ3) is 6.79. The Balaban J connectivity index is 0.00000364. The van der Waals surface area contributed by atoms with Gasteiger partial charge in [0.25, 0.3) is 0 Å². The SMILES string of the molecule is CCNC(=NCc1ccccc1S(=O)(=O)N(C)C)NCC1(C)CCCS1.I. The first-order valence-electron chi connectivity index (χ1n) is 8.95. The molecule has 0 amide bonds. The van der Waals surface area contributed by atoms with Crippen LogP contribution in [0.1, 0.15) is 32.3 Å². The van der Waals surface area contributed by atoms with Crippen molar-refractivity contribution in [3.8, 4) is 0 Å². The van der Waals surface area contributed by atoms with Crippen LogP contribution >= 0.6 is 35.7 Å². The van der Waals surface area contributed by atoms with Gasteiger partial charge in [0.1, 0.15) is 0 Å². The van der Waals surface area contributed by atoms with Crippen LogP contribution in [0.2, 0.25) is 0 Å². The second-order valence-corrected chi connectivity index (χ2v) is 10.6. The van der Waals surface area contributed by atoms with Gasteiger partial charge in [0, 0.05) is 31.9 Å². The molecule has 1 aliphatic heterocycles. The first-order chi connectivity index (χ1) is 12.3. The number of aliphatic imine (C=N–C) groups is 1. The highest BCUT2D eigenvalue weighted by atomic mass is 127. The van der Waals surface area contributed by atoms with Crippen LogP contribution in [0.4, 0.5) is 0 Å². The number of thioether (sulfide) groups is 1. The lowest BCUT2D eigenvalue weighted by Crippen LogP contribution is -2.43. The van der Waals surface area contributed by atoms with E-state index in [2.05, 4.69) is 22.5 Å². The summed E-state index contributed by atoms with van der Waals surface area (Å²) in [7, 11) is -0.398. The molecule has 0 aromatic heterocycles. The average Bonchev–Trinajstić information content (AvgIpc) is 3.04. The minimum atomic E-state index is -3.48. The highest BCUT2D eigenvalue weighted by Gasteiger charge is 2.29. The van der Waals surface area contributed by atoms with E-state index in [1.165, 1.54) is 22.9 Å². The van der Waals surface area contributed by atoms with Gasteiger partial charge < -0.3 is 10.6 Å². The lowest BCUT2D eigenvalue weighted by atomic mass is 10.1. The van der Waals surface area contributed by atoms with Gasteiger partial charge in [0.2, 0.25) is 10.0 Å². The molecule has 1 heterocycles. The van der Waals surface area contributed by atoms with Gasteiger partial charge in [-0.1, -0.05) is 18.2 Å². The van der Waals surface area contributed by atoms with Crippen LogP contribution in [0, 0.1) is 0 Å². The van der Waals surface area contributed by atoms with Gasteiger partial charge in [-0.15, -0.1) is 24.0 Å². The molecule has 1 fully saturated rings. The van der Waals surface area contributed by atoms with Gasteiger partial charge in [0.05, 0.1) is 11.4 Å². The monoisotopic (exact) mass is 526 g/mol. The zero-order valence-corrected chi connectivity index (χ0v) is 20.5. The first kappa shape index (κ1) is 24.5. The number of sulfonamides is 1. The van der Waals surface area contributed by atoms with Crippen molar-refractivity contribution in [2.45, 2.75) is 42.9 Å². The van der Waals surface area contributed by atoms with E-state index in [-0.39, 0.29) is 28.7 Å². The van der Waals surface area contributed by atoms with Crippen molar-refractivity contribution in [2.24, 2.45) is 4.99 Å². The Morgan fingerprint density at radius 2 is 2.00 bits per heavy atom. The Morgan fingerprint density at radius 1 is 1.30 bits per heavy atom. The van der Waals surface area contributed by atoms with Crippen molar-refractivity contribution in [3.05, 3.63) is 29.8 Å². The Bertz CT molecular complexity index is 733. The Morgan fingerprint density at radius 3 is 2.59 bits per heavy atom. The van der Waals surface area contributed by atoms with Crippen molar-refractivity contribution in [3.63, 3.8) is 0 Å². The number of hydrogen-bond acceptors (Lipinski definition) is 4. The molecule has 154 valence electrons. The van der Waals surface area contributed by atoms with Crippen LogP contribution in [-0.4, -0.2) is 56.4 Å². The molecule has 1 aromatic carbocycles. The molecule has 0 spiro atoms. The second-order valence-electron chi connectivity index (χ2n) is 6.85. The first-order valence-corrected chi connectivity index (χ1v) is 11.4. The minimum Gasteiger partial charge on any atom is -0.357 e. The maximum atomic E-state index is 12.5. The molecular weight excluding hydrogens is 495 g/mol. The number of rotatable bonds is 7. The number of benzene rings is 1. The van der Waals surface area contributed by atoms with Crippen LogP contribution < -0.4 is 10.6 Å². The van der Waals surface area contributed by atoms with Crippen LogP contribution in [0.15, 0.2) is 34.2 Å². The average molecular weight is 527 g/mol. The van der Waals surface area contributed by atoms with Gasteiger partial charge in [-0.05, 0) is 44.1 Å². The maximum absolute atomic E-state index is 12.5. The molecule has 9 heteroatoms. The summed E-state index contributed by atoms with van der Waals surface area (Å²) in [5.74, 6) is 1.93. The van der Waals surface area contributed by atoms with Gasteiger partial charge in [-0.25, -0.2) is 17.7 Å². The van der Waals surface area contributed by atoms with Crippen LogP contribution in [0.25, 0.3) is 0 Å². The van der Waals surface area contributed by atoms with Gasteiger partial charge in [0.15, 0.2) is 5.96 Å². The fraction of sp³-hybridized carbons (Fsp3) is 0.611. The lowest BCUT2D eigenvalue weighted by molar-refractivity contribution is 0.519. The predicted molar refractivity (Wildman–Crippen MR) is 126 cm³/mol. The Hall–Kier alpha value is -0.520. The van der Waals surface area contributed by atoms with Gasteiger partial charge in [-0.3, -0.25) is 0 Å². The van der Waals surface area contributed by atoms with Crippen molar-refractivity contribution >= 4 is 51.7 Å². The molecule has 6 nitrogen and oxygen atoms in total. The topological polar surface area (TPSA) is 73.8 Å². The summed E-state index contributed by atoms with van der Waals surface area (Å²) in [5, 5.41) is 6.66. The second kappa shape index (κ2) is 10.9. The molecule has 0 radical (unpaired) electrons. The number of halogens is 1. The largest absolute Gasteiger partial charge is 0.357 e. The van der Waals surface area contributed by atoms with Crippen molar-refractivity contribution in [2.75, 3.05) is 32.9 Å². The highest BCUT2D eigenvalue weighted by molar-refractivity contribution is 14.0. The number of guanidine groups is 1. The molecular formula is C18H31IN4O2S2. The van der Waals surface area contributed by atoms with Crippen LogP contribution in [0.5, 0.6) is 0 Å². The predicted octanol–water partition coefficient (Wildman–Crippen LogP) is 2.90. The molecule has 1 unspecified atom stereocenters. The maximum Gasteiger partial charge on any atom is 0.242 e. The molecule has 2 rings (SSSR count). The molecule has 1 atom stereocenters. The smallest absolute Gasteiger partial charge is 0.242 e. The summed E-state index contributed by atoms with van der Waals surface area (Å²) < 4.78 is 26.5. The van der Waals surface area contributed by atoms with Crippen LogP contribution in [-0.2, 0) is 16.6 Å². The summed E-state index contributed by atoms with van der Waals surface area (Å²) in [5.41, 5.74) is 0.694. The molecule has 2 N–H and O–H groups in total. The van der Waals surface area contributed by atoms with E-state index < -0.39 is 10.0 Å². The molecule has 0 bridgehead atoms. The normalized spacial score (nSPS) is 20.4. The summed E-state index contributed by atoms with van der Waals surface area (Å²) in [6, 6.07) is 7.04. The summed E-state index contributed by atoms with van der Waals surface area (Å²) in [6.45, 7) is 6.21. The van der Waals surface area contributed by atoms with Gasteiger partial charge in [-0.2, -0.15) is 11.8 Å². The van der Waals surface area contributed by atoms with Crippen molar-refractivity contribution < 1.29 is 8.42 Å². The zero-order chi connectivity index (χ0) is 19.2.